The second kappa shape index (κ2) is 7.57. The molecule has 152 valence electrons. The smallest absolute Gasteiger partial charge is 0.266 e. The van der Waals surface area contributed by atoms with Crippen LogP contribution in [0.3, 0.4) is 0 Å². The number of nitrogens with one attached hydrogen (secondary N) is 1. The van der Waals surface area contributed by atoms with Crippen molar-refractivity contribution in [2.45, 2.75) is 5.92 Å². The molecule has 0 saturated heterocycles. The number of aromatic nitrogens is 2. The van der Waals surface area contributed by atoms with Gasteiger partial charge in [-0.05, 0) is 30.3 Å². The number of carbonyl (C=O) groups excluding carboxylic acids is 1. The highest BCUT2D eigenvalue weighted by molar-refractivity contribution is 5.99. The number of rotatable bonds is 3. The molecular formula is C25H19N3O3. The molecule has 2 heterocycles. The van der Waals surface area contributed by atoms with Crippen molar-refractivity contribution in [2.75, 3.05) is 5.32 Å². The zero-order chi connectivity index (χ0) is 21.4. The van der Waals surface area contributed by atoms with Crippen molar-refractivity contribution in [1.29, 1.82) is 0 Å². The second-order valence-corrected chi connectivity index (χ2v) is 7.36. The molecular weight excluding hydrogens is 390 g/mol. The molecule has 1 aromatic heterocycles. The zero-order valence-electron chi connectivity index (χ0n) is 16.8. The summed E-state index contributed by atoms with van der Waals surface area (Å²) in [6.45, 7) is 0. The van der Waals surface area contributed by atoms with Crippen molar-refractivity contribution >= 4 is 11.6 Å². The van der Waals surface area contributed by atoms with Gasteiger partial charge in [0, 0.05) is 35.5 Å². The molecule has 1 N–H and O–H groups in total. The van der Waals surface area contributed by atoms with E-state index in [4.69, 9.17) is 4.74 Å². The Morgan fingerprint density at radius 2 is 1.58 bits per heavy atom. The molecule has 4 aromatic rings. The number of amides is 1. The van der Waals surface area contributed by atoms with Crippen molar-refractivity contribution in [2.24, 2.45) is 7.05 Å². The highest BCUT2D eigenvalue weighted by Gasteiger charge is 2.32. The van der Waals surface area contributed by atoms with Crippen molar-refractivity contribution in [1.82, 2.24) is 9.78 Å². The van der Waals surface area contributed by atoms with Crippen LogP contribution in [-0.4, -0.2) is 15.7 Å². The van der Waals surface area contributed by atoms with Crippen LogP contribution < -0.4 is 15.6 Å². The number of nitrogens with zero attached hydrogens (tertiary/aromatic N) is 2. The number of para-hydroxylation sites is 2. The lowest BCUT2D eigenvalue weighted by Gasteiger charge is -2.27. The van der Waals surface area contributed by atoms with Crippen molar-refractivity contribution < 1.29 is 9.53 Å². The molecule has 1 aliphatic heterocycles. The maximum Gasteiger partial charge on any atom is 0.266 e. The molecule has 0 spiro atoms. The fraction of sp³-hybridized carbons (Fsp3) is 0.0800. The van der Waals surface area contributed by atoms with Gasteiger partial charge in [-0.25, -0.2) is 4.68 Å². The zero-order valence-corrected chi connectivity index (χ0v) is 16.8. The van der Waals surface area contributed by atoms with Crippen LogP contribution in [0.15, 0.2) is 89.7 Å². The van der Waals surface area contributed by atoms with E-state index < -0.39 is 5.92 Å². The van der Waals surface area contributed by atoms with Crippen LogP contribution in [0, 0.1) is 0 Å². The molecule has 5 rings (SSSR count). The number of benzene rings is 3. The fourth-order valence-corrected chi connectivity index (χ4v) is 3.82. The van der Waals surface area contributed by atoms with Crippen molar-refractivity contribution in [3.63, 3.8) is 0 Å². The van der Waals surface area contributed by atoms with E-state index in [-0.39, 0.29) is 11.5 Å². The molecule has 0 fully saturated rings. The standard InChI is InChI=1S/C25H19N3O3/c1-28-23(29)14-13-20(27-28)16-7-6-8-17(15-16)26-25(30)24-18-9-2-4-11-21(18)31-22-12-5-3-10-19(22)24/h2-15,24H,1H3,(H,26,30). The van der Waals surface area contributed by atoms with Gasteiger partial charge in [-0.3, -0.25) is 9.59 Å². The van der Waals surface area contributed by atoms with Gasteiger partial charge in [-0.15, -0.1) is 0 Å². The molecule has 0 unspecified atom stereocenters. The van der Waals surface area contributed by atoms with Crippen LogP contribution in [-0.2, 0) is 11.8 Å². The third-order valence-corrected chi connectivity index (χ3v) is 5.33. The maximum absolute atomic E-state index is 13.4. The number of aryl methyl sites for hydroxylation is 1. The number of hydrogen-bond acceptors (Lipinski definition) is 4. The van der Waals surface area contributed by atoms with Gasteiger partial charge in [0.05, 0.1) is 11.6 Å². The summed E-state index contributed by atoms with van der Waals surface area (Å²) in [6.07, 6.45) is 0. The Labute approximate surface area is 178 Å². The van der Waals surface area contributed by atoms with Crippen LogP contribution in [0.1, 0.15) is 17.0 Å². The lowest BCUT2D eigenvalue weighted by molar-refractivity contribution is -0.116. The van der Waals surface area contributed by atoms with E-state index in [1.807, 2.05) is 72.8 Å². The normalized spacial score (nSPS) is 12.4. The van der Waals surface area contributed by atoms with Gasteiger partial charge in [0.25, 0.3) is 5.56 Å². The minimum absolute atomic E-state index is 0.145. The summed E-state index contributed by atoms with van der Waals surface area (Å²) in [5.74, 6) is 0.739. The van der Waals surface area contributed by atoms with E-state index in [2.05, 4.69) is 10.4 Å². The first-order chi connectivity index (χ1) is 15.1. The summed E-state index contributed by atoms with van der Waals surface area (Å²) in [5, 5.41) is 7.33. The molecule has 0 bridgehead atoms. The second-order valence-electron chi connectivity index (χ2n) is 7.36. The molecule has 1 amide bonds. The van der Waals surface area contributed by atoms with Crippen LogP contribution in [0.25, 0.3) is 11.3 Å². The van der Waals surface area contributed by atoms with Crippen LogP contribution in [0.4, 0.5) is 5.69 Å². The van der Waals surface area contributed by atoms with Gasteiger partial charge in [-0.1, -0.05) is 48.5 Å². The molecule has 0 atom stereocenters. The summed E-state index contributed by atoms with van der Waals surface area (Å²) in [6, 6.07) is 25.8. The van der Waals surface area contributed by atoms with Gasteiger partial charge < -0.3 is 10.1 Å². The Hall–Kier alpha value is -4.19. The van der Waals surface area contributed by atoms with Crippen LogP contribution in [0.2, 0.25) is 0 Å². The number of hydrogen-bond donors (Lipinski definition) is 1. The largest absolute Gasteiger partial charge is 0.457 e. The Morgan fingerprint density at radius 1 is 0.903 bits per heavy atom. The topological polar surface area (TPSA) is 73.2 Å². The van der Waals surface area contributed by atoms with Gasteiger partial charge in [0.2, 0.25) is 5.91 Å². The third kappa shape index (κ3) is 3.48. The predicted octanol–water partition coefficient (Wildman–Crippen LogP) is 4.32. The summed E-state index contributed by atoms with van der Waals surface area (Å²) in [5.41, 5.74) is 3.59. The predicted molar refractivity (Wildman–Crippen MR) is 118 cm³/mol. The number of carbonyl (C=O) groups is 1. The summed E-state index contributed by atoms with van der Waals surface area (Å²) < 4.78 is 7.28. The molecule has 31 heavy (non-hydrogen) atoms. The van der Waals surface area contributed by atoms with Gasteiger partial charge in [0.15, 0.2) is 0 Å². The lowest BCUT2D eigenvalue weighted by atomic mass is 9.87. The number of ether oxygens (including phenoxy) is 1. The van der Waals surface area contributed by atoms with Gasteiger partial charge >= 0.3 is 0 Å². The van der Waals surface area contributed by atoms with Crippen molar-refractivity contribution in [3.8, 4) is 22.8 Å². The Bertz CT molecular complexity index is 1310. The van der Waals surface area contributed by atoms with E-state index in [1.165, 1.54) is 10.7 Å². The first-order valence-corrected chi connectivity index (χ1v) is 9.91. The van der Waals surface area contributed by atoms with Crippen LogP contribution in [0.5, 0.6) is 11.5 Å². The Kier molecular flexibility index (Phi) is 4.59. The minimum Gasteiger partial charge on any atom is -0.457 e. The van der Waals surface area contributed by atoms with E-state index >= 15 is 0 Å². The molecule has 3 aromatic carbocycles. The summed E-state index contributed by atoms with van der Waals surface area (Å²) in [7, 11) is 1.61. The first-order valence-electron chi connectivity index (χ1n) is 9.91. The molecule has 0 aliphatic carbocycles. The molecule has 6 nitrogen and oxygen atoms in total. The van der Waals surface area contributed by atoms with E-state index in [1.54, 1.807) is 13.1 Å². The highest BCUT2D eigenvalue weighted by Crippen LogP contribution is 2.44. The van der Waals surface area contributed by atoms with Gasteiger partial charge in [0.1, 0.15) is 11.5 Å². The van der Waals surface area contributed by atoms with E-state index in [0.717, 1.165) is 16.7 Å². The average molecular weight is 409 g/mol. The third-order valence-electron chi connectivity index (χ3n) is 5.33. The molecule has 1 aliphatic rings. The van der Waals surface area contributed by atoms with Crippen molar-refractivity contribution in [3.05, 3.63) is 106 Å². The van der Waals surface area contributed by atoms with E-state index in [0.29, 0.717) is 22.9 Å². The molecule has 6 heteroatoms. The van der Waals surface area contributed by atoms with Gasteiger partial charge in [-0.2, -0.15) is 5.10 Å². The van der Waals surface area contributed by atoms with E-state index in [9.17, 15) is 9.59 Å². The number of anilines is 1. The maximum atomic E-state index is 13.4. The highest BCUT2D eigenvalue weighted by atomic mass is 16.5. The Balaban J connectivity index is 1.49. The average Bonchev–Trinajstić information content (AvgIpc) is 2.79. The molecule has 0 radical (unpaired) electrons. The minimum atomic E-state index is -0.486. The summed E-state index contributed by atoms with van der Waals surface area (Å²) >= 11 is 0. The molecule has 0 saturated carbocycles. The SMILES string of the molecule is Cn1nc(-c2cccc(NC(=O)C3c4ccccc4Oc4ccccc43)c2)ccc1=O. The summed E-state index contributed by atoms with van der Waals surface area (Å²) in [4.78, 5) is 25.0. The first kappa shape index (κ1) is 18.8. The number of fused-ring (bicyclic) bond motifs is 2. The Morgan fingerprint density at radius 3 is 2.26 bits per heavy atom. The fourth-order valence-electron chi connectivity index (χ4n) is 3.82. The lowest BCUT2D eigenvalue weighted by Crippen LogP contribution is -2.25. The van der Waals surface area contributed by atoms with Crippen LogP contribution >= 0.6 is 0 Å². The monoisotopic (exact) mass is 409 g/mol. The quantitative estimate of drug-likeness (QED) is 0.547.